The van der Waals surface area contributed by atoms with Crippen molar-refractivity contribution >= 4 is 11.8 Å². The fourth-order valence-electron chi connectivity index (χ4n) is 6.16. The van der Waals surface area contributed by atoms with Crippen LogP contribution in [0.3, 0.4) is 0 Å². The van der Waals surface area contributed by atoms with Gasteiger partial charge in [0.05, 0.1) is 36.9 Å². The molecule has 0 aromatic rings. The van der Waals surface area contributed by atoms with Gasteiger partial charge in [-0.25, -0.2) is 0 Å². The Morgan fingerprint density at radius 2 is 1.47 bits per heavy atom. The third-order valence-electron chi connectivity index (χ3n) is 9.17. The fraction of sp³-hybridized carbons (Fsp3) is 0.929. The predicted molar refractivity (Wildman–Crippen MR) is 139 cm³/mol. The topological polar surface area (TPSA) is 138 Å². The van der Waals surface area contributed by atoms with Crippen LogP contribution in [-0.4, -0.2) is 107 Å². The minimum Gasteiger partial charge on any atom is -0.462 e. The van der Waals surface area contributed by atoms with E-state index in [2.05, 4.69) is 0 Å². The van der Waals surface area contributed by atoms with Crippen LogP contribution in [0.1, 0.15) is 61.3 Å². The number of ether oxygens (including phenoxy) is 4. The molecule has 0 radical (unpaired) electrons. The van der Waals surface area contributed by atoms with Gasteiger partial charge in [0.1, 0.15) is 12.2 Å². The standard InChI is InChI=1S/C28H49NO9/c1-13-11-28(12-35-28)25(33)17(5)21(30)15(3)19(7)37-26(34)18(6)22(31)16(4)24(13)38-27-23(32)20(29(8)9)10-14(2)36-27/h13-24,27,30-32H,10-12H2,1-9H3/t13-,14-,15+,16-,17-,18-,19+,20+,21+,22-,23-,24+,27+,28+/m1/s1. The number of epoxide rings is 1. The fourth-order valence-corrected chi connectivity index (χ4v) is 6.16. The Kier molecular flexibility index (Phi) is 10.0. The normalized spacial score (nSPS) is 49.6. The van der Waals surface area contributed by atoms with Crippen molar-refractivity contribution in [2.75, 3.05) is 20.7 Å². The van der Waals surface area contributed by atoms with E-state index >= 15 is 0 Å². The largest absolute Gasteiger partial charge is 0.462 e. The maximum Gasteiger partial charge on any atom is 0.311 e. The highest BCUT2D eigenvalue weighted by molar-refractivity contribution is 5.92. The first kappa shape index (κ1) is 31.4. The lowest BCUT2D eigenvalue weighted by Crippen LogP contribution is -2.56. The molecular formula is C28H49NO9. The molecule has 10 nitrogen and oxygen atoms in total. The van der Waals surface area contributed by atoms with Crippen molar-refractivity contribution in [1.29, 1.82) is 0 Å². The first-order valence-corrected chi connectivity index (χ1v) is 14.0. The molecule has 3 saturated heterocycles. The van der Waals surface area contributed by atoms with E-state index in [0.717, 1.165) is 0 Å². The summed E-state index contributed by atoms with van der Waals surface area (Å²) in [5.74, 6) is -3.76. The zero-order chi connectivity index (χ0) is 28.7. The molecule has 0 aliphatic carbocycles. The molecule has 0 unspecified atom stereocenters. The number of hydrogen-bond acceptors (Lipinski definition) is 10. The maximum atomic E-state index is 13.5. The van der Waals surface area contributed by atoms with Crippen LogP contribution >= 0.6 is 0 Å². The summed E-state index contributed by atoms with van der Waals surface area (Å²) < 4.78 is 23.8. The number of carbonyl (C=O) groups excluding carboxylic acids is 2. The molecule has 3 N–H and O–H groups in total. The molecule has 3 aliphatic rings. The number of aliphatic hydroxyl groups is 3. The van der Waals surface area contributed by atoms with Crippen molar-refractivity contribution < 1.29 is 43.9 Å². The van der Waals surface area contributed by atoms with Gasteiger partial charge in [0, 0.05) is 23.8 Å². The van der Waals surface area contributed by atoms with Gasteiger partial charge in [-0.15, -0.1) is 0 Å². The lowest BCUT2D eigenvalue weighted by atomic mass is 9.76. The van der Waals surface area contributed by atoms with Crippen LogP contribution in [0.4, 0.5) is 0 Å². The number of likely N-dealkylation sites (N-methyl/N-ethyl adjacent to an activating group) is 1. The molecule has 220 valence electrons. The third-order valence-corrected chi connectivity index (χ3v) is 9.17. The molecule has 38 heavy (non-hydrogen) atoms. The second-order valence-electron chi connectivity index (χ2n) is 12.4. The Hall–Kier alpha value is -1.14. The third kappa shape index (κ3) is 6.43. The highest BCUT2D eigenvalue weighted by Gasteiger charge is 2.56. The Labute approximate surface area is 226 Å². The van der Waals surface area contributed by atoms with Crippen LogP contribution in [0.25, 0.3) is 0 Å². The summed E-state index contributed by atoms with van der Waals surface area (Å²) in [6.07, 6.45) is -4.62. The van der Waals surface area contributed by atoms with Gasteiger partial charge in [-0.05, 0) is 53.6 Å². The quantitative estimate of drug-likeness (QED) is 0.353. The molecule has 10 heteroatoms. The highest BCUT2D eigenvalue weighted by atomic mass is 16.7. The van der Waals surface area contributed by atoms with Crippen molar-refractivity contribution in [2.24, 2.45) is 29.6 Å². The Morgan fingerprint density at radius 3 is 2.03 bits per heavy atom. The van der Waals surface area contributed by atoms with Gasteiger partial charge >= 0.3 is 5.97 Å². The van der Waals surface area contributed by atoms with Gasteiger partial charge in [-0.3, -0.25) is 9.59 Å². The van der Waals surface area contributed by atoms with Crippen LogP contribution in [0.5, 0.6) is 0 Å². The van der Waals surface area contributed by atoms with Crippen molar-refractivity contribution in [3.05, 3.63) is 0 Å². The summed E-state index contributed by atoms with van der Waals surface area (Å²) in [6.45, 7) is 12.6. The van der Waals surface area contributed by atoms with E-state index < -0.39 is 72.1 Å². The summed E-state index contributed by atoms with van der Waals surface area (Å²) >= 11 is 0. The molecule has 3 rings (SSSR count). The second kappa shape index (κ2) is 12.2. The molecule has 0 aromatic heterocycles. The number of esters is 1. The Bertz CT molecular complexity index is 833. The van der Waals surface area contributed by atoms with Gasteiger partial charge in [-0.1, -0.05) is 27.7 Å². The van der Waals surface area contributed by atoms with Crippen LogP contribution in [-0.2, 0) is 28.5 Å². The molecule has 0 aromatic carbocycles. The molecular weight excluding hydrogens is 494 g/mol. The Morgan fingerprint density at radius 1 is 0.895 bits per heavy atom. The minimum atomic E-state index is -1.13. The number of hydrogen-bond donors (Lipinski definition) is 3. The molecule has 3 heterocycles. The molecule has 0 bridgehead atoms. The Balaban J connectivity index is 1.95. The summed E-state index contributed by atoms with van der Waals surface area (Å²) in [5.41, 5.74) is -1.05. The van der Waals surface area contributed by atoms with E-state index in [9.17, 15) is 24.9 Å². The van der Waals surface area contributed by atoms with Gasteiger partial charge < -0.3 is 39.2 Å². The smallest absolute Gasteiger partial charge is 0.311 e. The molecule has 0 amide bonds. The second-order valence-corrected chi connectivity index (χ2v) is 12.4. The highest BCUT2D eigenvalue weighted by Crippen LogP contribution is 2.42. The number of nitrogens with zero attached hydrogens (tertiary/aromatic N) is 1. The number of ketones is 1. The van der Waals surface area contributed by atoms with E-state index in [-0.39, 0.29) is 30.5 Å². The van der Waals surface area contributed by atoms with Gasteiger partial charge in [0.25, 0.3) is 0 Å². The van der Waals surface area contributed by atoms with E-state index in [4.69, 9.17) is 18.9 Å². The van der Waals surface area contributed by atoms with Crippen molar-refractivity contribution in [3.8, 4) is 0 Å². The van der Waals surface area contributed by atoms with Crippen LogP contribution < -0.4 is 0 Å². The number of Topliss-reactive ketones (excluding diaryl/α,β-unsaturated/α-hetero) is 1. The van der Waals surface area contributed by atoms with Crippen molar-refractivity contribution in [3.63, 3.8) is 0 Å². The molecule has 0 saturated carbocycles. The van der Waals surface area contributed by atoms with E-state index in [1.54, 1.807) is 34.6 Å². The van der Waals surface area contributed by atoms with Gasteiger partial charge in [0.15, 0.2) is 17.7 Å². The lowest BCUT2D eigenvalue weighted by molar-refractivity contribution is -0.283. The zero-order valence-electron chi connectivity index (χ0n) is 24.4. The monoisotopic (exact) mass is 543 g/mol. The zero-order valence-corrected chi connectivity index (χ0v) is 24.4. The number of cyclic esters (lactones) is 1. The van der Waals surface area contributed by atoms with Crippen molar-refractivity contribution in [2.45, 2.75) is 116 Å². The minimum absolute atomic E-state index is 0.163. The van der Waals surface area contributed by atoms with Crippen LogP contribution in [0, 0.1) is 29.6 Å². The van der Waals surface area contributed by atoms with Crippen LogP contribution in [0.15, 0.2) is 0 Å². The van der Waals surface area contributed by atoms with E-state index in [1.807, 2.05) is 32.8 Å². The average molecular weight is 544 g/mol. The first-order chi connectivity index (χ1) is 17.6. The molecule has 3 fully saturated rings. The van der Waals surface area contributed by atoms with E-state index in [1.165, 1.54) is 0 Å². The average Bonchev–Trinajstić information content (AvgIpc) is 3.65. The molecule has 3 aliphatic heterocycles. The summed E-state index contributed by atoms with van der Waals surface area (Å²) in [6, 6.07) is -0.183. The number of rotatable bonds is 3. The first-order valence-electron chi connectivity index (χ1n) is 14.0. The van der Waals surface area contributed by atoms with Crippen LogP contribution in [0.2, 0.25) is 0 Å². The summed E-state index contributed by atoms with van der Waals surface area (Å²) in [7, 11) is 3.79. The lowest BCUT2D eigenvalue weighted by Gasteiger charge is -2.44. The number of aliphatic hydroxyl groups excluding tert-OH is 3. The molecule has 14 atom stereocenters. The maximum absolute atomic E-state index is 13.5. The van der Waals surface area contributed by atoms with E-state index in [0.29, 0.717) is 12.8 Å². The van der Waals surface area contributed by atoms with Gasteiger partial charge in [-0.2, -0.15) is 0 Å². The summed E-state index contributed by atoms with van der Waals surface area (Å²) in [5, 5.41) is 33.4. The predicted octanol–water partition coefficient (Wildman–Crippen LogP) is 1.37. The van der Waals surface area contributed by atoms with Crippen molar-refractivity contribution in [1.82, 2.24) is 4.90 Å². The summed E-state index contributed by atoms with van der Waals surface area (Å²) in [4.78, 5) is 28.5. The number of carbonyl (C=O) groups is 2. The molecule has 1 spiro atoms. The van der Waals surface area contributed by atoms with Gasteiger partial charge in [0.2, 0.25) is 0 Å². The SMILES string of the molecule is C[C@@H]1[C@@H](O)[C@@H](C)C(=O)O[C@@H](C)[C@H](C)[C@H](O)[C@@H](C)C(=O)[C@@]2(CO2)C[C@@H](C)[C@@H]1O[C@@H]1O[C@H](C)C[C@H](N(C)C)[C@H]1O.